The summed E-state index contributed by atoms with van der Waals surface area (Å²) in [6.07, 6.45) is 4.61. The highest BCUT2D eigenvalue weighted by atomic mass is 16.2. The molecule has 1 unspecified atom stereocenters. The number of likely N-dealkylation sites (tertiary alicyclic amines) is 1. The van der Waals surface area contributed by atoms with Crippen LogP contribution in [0.25, 0.3) is 10.9 Å². The van der Waals surface area contributed by atoms with Crippen LogP contribution in [0, 0.1) is 0 Å². The van der Waals surface area contributed by atoms with Crippen LogP contribution in [0.4, 0.5) is 0 Å². The van der Waals surface area contributed by atoms with Gasteiger partial charge in [-0.2, -0.15) is 0 Å². The first kappa shape index (κ1) is 17.1. The van der Waals surface area contributed by atoms with Crippen LogP contribution in [0.15, 0.2) is 35.4 Å². The molecule has 0 radical (unpaired) electrons. The average Bonchev–Trinajstić information content (AvgIpc) is 2.61. The second-order valence-electron chi connectivity index (χ2n) is 6.42. The van der Waals surface area contributed by atoms with Gasteiger partial charge in [0, 0.05) is 32.0 Å². The Morgan fingerprint density at radius 1 is 1.24 bits per heavy atom. The van der Waals surface area contributed by atoms with Crippen molar-refractivity contribution in [3.8, 4) is 0 Å². The lowest BCUT2D eigenvalue weighted by molar-refractivity contribution is -0.136. The van der Waals surface area contributed by atoms with E-state index in [1.807, 2.05) is 6.07 Å². The van der Waals surface area contributed by atoms with E-state index in [2.05, 4.69) is 4.98 Å². The summed E-state index contributed by atoms with van der Waals surface area (Å²) in [5, 5.41) is 0.544. The van der Waals surface area contributed by atoms with E-state index in [-0.39, 0.29) is 42.8 Å². The Labute approximate surface area is 145 Å². The van der Waals surface area contributed by atoms with Crippen molar-refractivity contribution in [2.45, 2.75) is 44.7 Å². The molecular formula is C18H22N4O3. The maximum absolute atomic E-state index is 12.6. The van der Waals surface area contributed by atoms with E-state index >= 15 is 0 Å². The van der Waals surface area contributed by atoms with Crippen LogP contribution in [0.1, 0.15) is 32.1 Å². The molecule has 1 aliphatic rings. The third-order valence-electron chi connectivity index (χ3n) is 4.68. The van der Waals surface area contributed by atoms with E-state index in [9.17, 15) is 14.4 Å². The van der Waals surface area contributed by atoms with E-state index in [1.165, 1.54) is 10.9 Å². The summed E-state index contributed by atoms with van der Waals surface area (Å²) in [7, 11) is 0. The number of fused-ring (bicyclic) bond motifs is 1. The standard InChI is InChI=1S/C18H22N4O3/c19-16(23)11-13-5-3-4-9-22(13)17(24)8-10-21-12-20-15-7-2-1-6-14(15)18(21)25/h1-2,6-7,12-13H,3-5,8-11H2,(H2,19,23). The summed E-state index contributed by atoms with van der Waals surface area (Å²) in [4.78, 5) is 42.3. The minimum absolute atomic E-state index is 0.0500. The van der Waals surface area contributed by atoms with Crippen LogP contribution in [0.2, 0.25) is 0 Å². The number of rotatable bonds is 5. The van der Waals surface area contributed by atoms with Gasteiger partial charge in [0.2, 0.25) is 11.8 Å². The van der Waals surface area contributed by atoms with E-state index in [4.69, 9.17) is 5.73 Å². The van der Waals surface area contributed by atoms with Crippen molar-refractivity contribution in [2.24, 2.45) is 5.73 Å². The van der Waals surface area contributed by atoms with Crippen LogP contribution in [0.5, 0.6) is 0 Å². The summed E-state index contributed by atoms with van der Waals surface area (Å²) in [6, 6.07) is 7.02. The zero-order valence-corrected chi connectivity index (χ0v) is 14.1. The molecular weight excluding hydrogens is 320 g/mol. The molecule has 1 aliphatic heterocycles. The largest absolute Gasteiger partial charge is 0.370 e. The van der Waals surface area contributed by atoms with Crippen molar-refractivity contribution in [3.63, 3.8) is 0 Å². The first-order chi connectivity index (χ1) is 12.1. The molecule has 0 saturated carbocycles. The molecule has 1 aromatic carbocycles. The zero-order valence-electron chi connectivity index (χ0n) is 14.1. The molecule has 2 heterocycles. The summed E-state index contributed by atoms with van der Waals surface area (Å²) in [5.74, 6) is -0.439. The Balaban J connectivity index is 1.70. The predicted octanol–water partition coefficient (Wildman–Crippen LogP) is 1.04. The Morgan fingerprint density at radius 3 is 2.84 bits per heavy atom. The van der Waals surface area contributed by atoms with Crippen molar-refractivity contribution in [2.75, 3.05) is 6.54 Å². The van der Waals surface area contributed by atoms with Crippen molar-refractivity contribution < 1.29 is 9.59 Å². The number of benzene rings is 1. The number of hydrogen-bond donors (Lipinski definition) is 1. The second-order valence-corrected chi connectivity index (χ2v) is 6.42. The fraction of sp³-hybridized carbons (Fsp3) is 0.444. The van der Waals surface area contributed by atoms with Gasteiger partial charge < -0.3 is 10.6 Å². The fourth-order valence-electron chi connectivity index (χ4n) is 3.40. The Kier molecular flexibility index (Phi) is 5.11. The lowest BCUT2D eigenvalue weighted by Crippen LogP contribution is -2.45. The number of piperidine rings is 1. The summed E-state index contributed by atoms with van der Waals surface area (Å²) >= 11 is 0. The normalized spacial score (nSPS) is 17.6. The number of nitrogens with zero attached hydrogens (tertiary/aromatic N) is 3. The van der Waals surface area contributed by atoms with Gasteiger partial charge in [-0.3, -0.25) is 19.0 Å². The highest BCUT2D eigenvalue weighted by Crippen LogP contribution is 2.20. The molecule has 2 N–H and O–H groups in total. The van der Waals surface area contributed by atoms with Gasteiger partial charge in [0.25, 0.3) is 5.56 Å². The van der Waals surface area contributed by atoms with Crippen LogP contribution in [-0.4, -0.2) is 38.9 Å². The van der Waals surface area contributed by atoms with Crippen molar-refractivity contribution >= 4 is 22.7 Å². The van der Waals surface area contributed by atoms with Gasteiger partial charge in [0.15, 0.2) is 0 Å². The van der Waals surface area contributed by atoms with E-state index in [0.717, 1.165) is 19.3 Å². The van der Waals surface area contributed by atoms with E-state index in [1.54, 1.807) is 23.1 Å². The van der Waals surface area contributed by atoms with Gasteiger partial charge in [-0.1, -0.05) is 12.1 Å². The predicted molar refractivity (Wildman–Crippen MR) is 93.8 cm³/mol. The van der Waals surface area contributed by atoms with Gasteiger partial charge in [0.05, 0.1) is 17.2 Å². The number of primary amides is 1. The van der Waals surface area contributed by atoms with Gasteiger partial charge in [-0.15, -0.1) is 0 Å². The monoisotopic (exact) mass is 342 g/mol. The van der Waals surface area contributed by atoms with Gasteiger partial charge in [0.1, 0.15) is 0 Å². The fourth-order valence-corrected chi connectivity index (χ4v) is 3.40. The van der Waals surface area contributed by atoms with Crippen molar-refractivity contribution in [1.29, 1.82) is 0 Å². The quantitative estimate of drug-likeness (QED) is 0.878. The number of hydrogen-bond acceptors (Lipinski definition) is 4. The minimum atomic E-state index is -0.389. The van der Waals surface area contributed by atoms with Crippen LogP contribution >= 0.6 is 0 Å². The number of carbonyl (C=O) groups excluding carboxylic acids is 2. The van der Waals surface area contributed by atoms with E-state index < -0.39 is 0 Å². The first-order valence-corrected chi connectivity index (χ1v) is 8.58. The maximum Gasteiger partial charge on any atom is 0.261 e. The highest BCUT2D eigenvalue weighted by Gasteiger charge is 2.27. The lowest BCUT2D eigenvalue weighted by atomic mass is 9.98. The molecule has 1 fully saturated rings. The minimum Gasteiger partial charge on any atom is -0.370 e. The topological polar surface area (TPSA) is 98.3 Å². The molecule has 0 spiro atoms. The molecule has 1 atom stereocenters. The molecule has 2 amide bonds. The molecule has 2 aromatic rings. The molecule has 25 heavy (non-hydrogen) atoms. The third-order valence-corrected chi connectivity index (χ3v) is 4.68. The number of carbonyl (C=O) groups is 2. The van der Waals surface area contributed by atoms with Crippen LogP contribution in [0.3, 0.4) is 0 Å². The number of aromatic nitrogens is 2. The number of para-hydroxylation sites is 1. The first-order valence-electron chi connectivity index (χ1n) is 8.58. The Bertz CT molecular complexity index is 846. The number of nitrogens with two attached hydrogens (primary N) is 1. The number of amides is 2. The van der Waals surface area contributed by atoms with Crippen molar-refractivity contribution in [1.82, 2.24) is 14.5 Å². The zero-order chi connectivity index (χ0) is 17.8. The third kappa shape index (κ3) is 3.87. The second kappa shape index (κ2) is 7.46. The molecule has 7 nitrogen and oxygen atoms in total. The van der Waals surface area contributed by atoms with Crippen molar-refractivity contribution in [3.05, 3.63) is 40.9 Å². The van der Waals surface area contributed by atoms with Gasteiger partial charge >= 0.3 is 0 Å². The van der Waals surface area contributed by atoms with E-state index in [0.29, 0.717) is 17.4 Å². The van der Waals surface area contributed by atoms with Crippen LogP contribution in [-0.2, 0) is 16.1 Å². The lowest BCUT2D eigenvalue weighted by Gasteiger charge is -2.35. The smallest absolute Gasteiger partial charge is 0.261 e. The molecule has 0 aliphatic carbocycles. The molecule has 132 valence electrons. The number of aryl methyl sites for hydroxylation is 1. The molecule has 1 aromatic heterocycles. The molecule has 7 heteroatoms. The Hall–Kier alpha value is -2.70. The summed E-state index contributed by atoms with van der Waals surface area (Å²) < 4.78 is 1.47. The molecule has 1 saturated heterocycles. The highest BCUT2D eigenvalue weighted by molar-refractivity contribution is 5.79. The Morgan fingerprint density at radius 2 is 2.04 bits per heavy atom. The van der Waals surface area contributed by atoms with Gasteiger partial charge in [-0.25, -0.2) is 4.98 Å². The van der Waals surface area contributed by atoms with Crippen LogP contribution < -0.4 is 11.3 Å². The summed E-state index contributed by atoms with van der Waals surface area (Å²) in [6.45, 7) is 0.914. The summed E-state index contributed by atoms with van der Waals surface area (Å²) in [5.41, 5.74) is 5.79. The molecule has 0 bridgehead atoms. The maximum atomic E-state index is 12.6. The molecule has 3 rings (SSSR count). The van der Waals surface area contributed by atoms with Gasteiger partial charge in [-0.05, 0) is 31.4 Å². The average molecular weight is 342 g/mol. The SMILES string of the molecule is NC(=O)CC1CCCCN1C(=O)CCn1cnc2ccccc2c1=O.